The summed E-state index contributed by atoms with van der Waals surface area (Å²) in [5, 5.41) is 8.95. The number of ether oxygens (including phenoxy) is 1. The molecule has 0 saturated heterocycles. The zero-order valence-electron chi connectivity index (χ0n) is 11.0. The van der Waals surface area contributed by atoms with Crippen molar-refractivity contribution in [1.82, 2.24) is 0 Å². The summed E-state index contributed by atoms with van der Waals surface area (Å²) < 4.78 is 5.18. The van der Waals surface area contributed by atoms with Gasteiger partial charge in [-0.15, -0.1) is 6.58 Å². The van der Waals surface area contributed by atoms with E-state index >= 15 is 0 Å². The first-order chi connectivity index (χ1) is 8.74. The van der Waals surface area contributed by atoms with Gasteiger partial charge in [-0.2, -0.15) is 0 Å². The summed E-state index contributed by atoms with van der Waals surface area (Å²) in [7, 11) is 0. The third-order valence-corrected chi connectivity index (χ3v) is 3.40. The molecule has 0 aromatic rings. The second-order valence-electron chi connectivity index (χ2n) is 4.88. The summed E-state index contributed by atoms with van der Waals surface area (Å²) in [4.78, 5) is 10.9. The molecule has 0 bridgehead atoms. The average molecular weight is 252 g/mol. The molecule has 1 aliphatic carbocycles. The predicted octanol–water partition coefficient (Wildman–Crippen LogP) is 3.56. The molecule has 1 aliphatic rings. The summed E-state index contributed by atoms with van der Waals surface area (Å²) >= 11 is 0. The highest BCUT2D eigenvalue weighted by Gasteiger charge is 2.16. The Bertz CT molecular complexity index is 277. The summed E-state index contributed by atoms with van der Waals surface area (Å²) in [6.07, 6.45) is 13.0. The van der Waals surface area contributed by atoms with Crippen LogP contribution in [0.15, 0.2) is 24.8 Å². The summed E-state index contributed by atoms with van der Waals surface area (Å²) in [6.45, 7) is 3.81. The minimum Gasteiger partial charge on any atom is -0.479 e. The van der Waals surface area contributed by atoms with E-state index in [1.165, 1.54) is 25.7 Å². The van der Waals surface area contributed by atoms with Gasteiger partial charge in [0.15, 0.2) is 6.10 Å². The Morgan fingerprint density at radius 2 is 2.11 bits per heavy atom. The van der Waals surface area contributed by atoms with Crippen LogP contribution in [0.3, 0.4) is 0 Å². The van der Waals surface area contributed by atoms with Crippen LogP contribution in [0.25, 0.3) is 0 Å². The van der Waals surface area contributed by atoms with E-state index in [2.05, 4.69) is 18.7 Å². The van der Waals surface area contributed by atoms with Gasteiger partial charge in [0, 0.05) is 0 Å². The van der Waals surface area contributed by atoms with E-state index in [1.807, 2.05) is 0 Å². The molecular formula is C15H24O3. The Morgan fingerprint density at radius 3 is 2.72 bits per heavy atom. The Morgan fingerprint density at radius 1 is 1.39 bits per heavy atom. The second kappa shape index (κ2) is 8.92. The minimum atomic E-state index is -0.888. The first-order valence-electron chi connectivity index (χ1n) is 6.84. The highest BCUT2D eigenvalue weighted by atomic mass is 16.5. The molecule has 3 heteroatoms. The molecule has 0 aromatic heterocycles. The summed E-state index contributed by atoms with van der Waals surface area (Å²) in [6, 6.07) is 0. The Balaban J connectivity index is 2.14. The molecule has 3 nitrogen and oxygen atoms in total. The van der Waals surface area contributed by atoms with Crippen molar-refractivity contribution in [3.05, 3.63) is 24.8 Å². The molecule has 0 aliphatic heterocycles. The smallest absolute Gasteiger partial charge is 0.332 e. The van der Waals surface area contributed by atoms with E-state index in [9.17, 15) is 4.79 Å². The van der Waals surface area contributed by atoms with Crippen LogP contribution in [0.5, 0.6) is 0 Å². The third-order valence-electron chi connectivity index (χ3n) is 3.40. The maximum absolute atomic E-state index is 10.9. The molecule has 1 saturated carbocycles. The average Bonchev–Trinajstić information content (AvgIpc) is 2.85. The zero-order valence-corrected chi connectivity index (χ0v) is 11.0. The molecule has 18 heavy (non-hydrogen) atoms. The first kappa shape index (κ1) is 15.0. The maximum atomic E-state index is 10.9. The molecule has 1 unspecified atom stereocenters. The molecule has 0 spiro atoms. The van der Waals surface area contributed by atoms with Crippen LogP contribution in [0.1, 0.15) is 44.9 Å². The van der Waals surface area contributed by atoms with Gasteiger partial charge >= 0.3 is 5.97 Å². The number of hydrogen-bond donors (Lipinski definition) is 1. The SMILES string of the molecule is C=CCOC(CC/C=C\CC1CCCC1)C(=O)O. The lowest BCUT2D eigenvalue weighted by atomic mass is 10.0. The van der Waals surface area contributed by atoms with Crippen molar-refractivity contribution in [3.8, 4) is 0 Å². The van der Waals surface area contributed by atoms with Crippen LogP contribution in [-0.2, 0) is 9.53 Å². The van der Waals surface area contributed by atoms with Gasteiger partial charge in [-0.25, -0.2) is 4.79 Å². The van der Waals surface area contributed by atoms with Crippen LogP contribution in [0.2, 0.25) is 0 Å². The zero-order chi connectivity index (χ0) is 13.2. The van der Waals surface area contributed by atoms with Gasteiger partial charge in [-0.1, -0.05) is 43.9 Å². The van der Waals surface area contributed by atoms with Gasteiger partial charge in [-0.3, -0.25) is 0 Å². The van der Waals surface area contributed by atoms with Crippen LogP contribution < -0.4 is 0 Å². The molecule has 1 rings (SSSR count). The van der Waals surface area contributed by atoms with E-state index < -0.39 is 12.1 Å². The highest BCUT2D eigenvalue weighted by Crippen LogP contribution is 2.27. The van der Waals surface area contributed by atoms with Crippen molar-refractivity contribution in [3.63, 3.8) is 0 Å². The van der Waals surface area contributed by atoms with Crippen molar-refractivity contribution in [1.29, 1.82) is 0 Å². The standard InChI is InChI=1S/C15H24O3/c1-2-12-18-14(15(16)17)11-5-3-4-8-13-9-6-7-10-13/h2-4,13-14H,1,5-12H2,(H,16,17)/b4-3-. The molecule has 0 heterocycles. The first-order valence-corrected chi connectivity index (χ1v) is 6.84. The van der Waals surface area contributed by atoms with E-state index in [1.54, 1.807) is 6.08 Å². The van der Waals surface area contributed by atoms with Crippen LogP contribution in [0.4, 0.5) is 0 Å². The van der Waals surface area contributed by atoms with E-state index in [-0.39, 0.29) is 0 Å². The Hall–Kier alpha value is -1.09. The molecule has 0 radical (unpaired) electrons. The fraction of sp³-hybridized carbons (Fsp3) is 0.667. The molecule has 0 amide bonds. The molecule has 1 atom stereocenters. The van der Waals surface area contributed by atoms with Crippen molar-refractivity contribution in [2.24, 2.45) is 5.92 Å². The number of carboxylic acid groups (broad SMARTS) is 1. The van der Waals surface area contributed by atoms with Gasteiger partial charge in [0.1, 0.15) is 0 Å². The molecule has 0 aromatic carbocycles. The van der Waals surface area contributed by atoms with Gasteiger partial charge < -0.3 is 9.84 Å². The van der Waals surface area contributed by atoms with E-state index in [0.717, 1.165) is 18.8 Å². The lowest BCUT2D eigenvalue weighted by molar-refractivity contribution is -0.149. The van der Waals surface area contributed by atoms with Gasteiger partial charge in [0.05, 0.1) is 6.61 Å². The van der Waals surface area contributed by atoms with Crippen LogP contribution in [0, 0.1) is 5.92 Å². The molecular weight excluding hydrogens is 228 g/mol. The fourth-order valence-corrected chi connectivity index (χ4v) is 2.36. The van der Waals surface area contributed by atoms with Gasteiger partial charge in [-0.05, 0) is 25.2 Å². The number of allylic oxidation sites excluding steroid dienone is 2. The predicted molar refractivity (Wildman–Crippen MR) is 72.5 cm³/mol. The molecule has 1 N–H and O–H groups in total. The largest absolute Gasteiger partial charge is 0.479 e. The Kier molecular flexibility index (Phi) is 7.42. The number of carbonyl (C=O) groups is 1. The van der Waals surface area contributed by atoms with Crippen molar-refractivity contribution in [2.75, 3.05) is 6.61 Å². The number of aliphatic carboxylic acids is 1. The lowest BCUT2D eigenvalue weighted by Gasteiger charge is -2.10. The summed E-state index contributed by atoms with van der Waals surface area (Å²) in [5.41, 5.74) is 0. The fourth-order valence-electron chi connectivity index (χ4n) is 2.36. The van der Waals surface area contributed by atoms with Crippen molar-refractivity contribution < 1.29 is 14.6 Å². The minimum absolute atomic E-state index is 0.294. The molecule has 1 fully saturated rings. The van der Waals surface area contributed by atoms with Gasteiger partial charge in [0.25, 0.3) is 0 Å². The van der Waals surface area contributed by atoms with Crippen molar-refractivity contribution in [2.45, 2.75) is 51.0 Å². The topological polar surface area (TPSA) is 46.5 Å². The van der Waals surface area contributed by atoms with Gasteiger partial charge in [0.2, 0.25) is 0 Å². The Labute approximate surface area is 110 Å². The third kappa shape index (κ3) is 6.01. The molecule has 102 valence electrons. The maximum Gasteiger partial charge on any atom is 0.332 e. The second-order valence-corrected chi connectivity index (χ2v) is 4.88. The van der Waals surface area contributed by atoms with Crippen LogP contribution in [-0.4, -0.2) is 23.8 Å². The number of rotatable bonds is 9. The van der Waals surface area contributed by atoms with E-state index in [0.29, 0.717) is 13.0 Å². The summed E-state index contributed by atoms with van der Waals surface area (Å²) in [5.74, 6) is -0.0328. The normalized spacial score (nSPS) is 18.2. The van der Waals surface area contributed by atoms with Crippen LogP contribution >= 0.6 is 0 Å². The quantitative estimate of drug-likeness (QED) is 0.638. The van der Waals surface area contributed by atoms with E-state index in [4.69, 9.17) is 9.84 Å². The lowest BCUT2D eigenvalue weighted by Crippen LogP contribution is -2.23. The highest BCUT2D eigenvalue weighted by molar-refractivity contribution is 5.72. The number of hydrogen-bond acceptors (Lipinski definition) is 2. The number of carboxylic acids is 1. The monoisotopic (exact) mass is 252 g/mol. The van der Waals surface area contributed by atoms with Crippen molar-refractivity contribution >= 4 is 5.97 Å².